The Hall–Kier alpha value is -1.52. The SMILES string of the molecule is NC(=O)Cn1ccnc1Cc1cccc(Cl)c1Cl. The average molecular weight is 284 g/mol. The minimum absolute atomic E-state index is 0.105. The summed E-state index contributed by atoms with van der Waals surface area (Å²) in [6, 6.07) is 5.42. The normalized spacial score (nSPS) is 10.6. The first-order valence-corrected chi connectivity index (χ1v) is 6.04. The van der Waals surface area contributed by atoms with Crippen LogP contribution in [0.1, 0.15) is 11.4 Å². The molecule has 94 valence electrons. The quantitative estimate of drug-likeness (QED) is 0.936. The maximum atomic E-state index is 10.9. The van der Waals surface area contributed by atoms with Crippen LogP contribution < -0.4 is 5.73 Å². The van der Waals surface area contributed by atoms with Gasteiger partial charge in [-0.15, -0.1) is 0 Å². The van der Waals surface area contributed by atoms with Crippen molar-refractivity contribution in [2.24, 2.45) is 5.73 Å². The molecule has 0 atom stereocenters. The van der Waals surface area contributed by atoms with Gasteiger partial charge in [0.25, 0.3) is 0 Å². The van der Waals surface area contributed by atoms with Crippen molar-refractivity contribution in [1.29, 1.82) is 0 Å². The number of nitrogens with two attached hydrogens (primary N) is 1. The zero-order valence-electron chi connectivity index (χ0n) is 9.44. The van der Waals surface area contributed by atoms with Gasteiger partial charge < -0.3 is 10.3 Å². The number of imidazole rings is 1. The highest BCUT2D eigenvalue weighted by Crippen LogP contribution is 2.26. The molecule has 0 aliphatic heterocycles. The van der Waals surface area contributed by atoms with Crippen molar-refractivity contribution in [3.8, 4) is 0 Å². The first-order valence-electron chi connectivity index (χ1n) is 5.29. The van der Waals surface area contributed by atoms with Crippen molar-refractivity contribution >= 4 is 29.1 Å². The molecule has 0 aliphatic carbocycles. The fourth-order valence-corrected chi connectivity index (χ4v) is 2.06. The van der Waals surface area contributed by atoms with Crippen molar-refractivity contribution in [2.45, 2.75) is 13.0 Å². The van der Waals surface area contributed by atoms with E-state index in [0.29, 0.717) is 16.5 Å². The lowest BCUT2D eigenvalue weighted by molar-refractivity contribution is -0.118. The monoisotopic (exact) mass is 283 g/mol. The Morgan fingerprint density at radius 2 is 2.17 bits per heavy atom. The largest absolute Gasteiger partial charge is 0.368 e. The maximum Gasteiger partial charge on any atom is 0.237 e. The molecule has 18 heavy (non-hydrogen) atoms. The second-order valence-electron chi connectivity index (χ2n) is 3.83. The lowest BCUT2D eigenvalue weighted by Crippen LogP contribution is -2.19. The number of carbonyl (C=O) groups excluding carboxylic acids is 1. The van der Waals surface area contributed by atoms with E-state index in [1.807, 2.05) is 12.1 Å². The summed E-state index contributed by atoms with van der Waals surface area (Å²) in [7, 11) is 0. The van der Waals surface area contributed by atoms with Crippen molar-refractivity contribution in [3.63, 3.8) is 0 Å². The van der Waals surface area contributed by atoms with Crippen LogP contribution in [-0.2, 0) is 17.8 Å². The number of nitrogens with zero attached hydrogens (tertiary/aromatic N) is 2. The van der Waals surface area contributed by atoms with Gasteiger partial charge in [-0.3, -0.25) is 4.79 Å². The minimum Gasteiger partial charge on any atom is -0.368 e. The highest BCUT2D eigenvalue weighted by Gasteiger charge is 2.10. The van der Waals surface area contributed by atoms with E-state index in [1.165, 1.54) is 0 Å². The third-order valence-corrected chi connectivity index (χ3v) is 3.37. The van der Waals surface area contributed by atoms with Gasteiger partial charge in [0.15, 0.2) is 0 Å². The third-order valence-electron chi connectivity index (χ3n) is 2.51. The predicted octanol–water partition coefficient (Wildman–Crippen LogP) is 2.27. The number of amides is 1. The molecule has 0 saturated carbocycles. The van der Waals surface area contributed by atoms with E-state index in [-0.39, 0.29) is 6.54 Å². The van der Waals surface area contributed by atoms with E-state index in [1.54, 1.807) is 23.0 Å². The number of halogens is 2. The van der Waals surface area contributed by atoms with Gasteiger partial charge in [0.05, 0.1) is 10.0 Å². The van der Waals surface area contributed by atoms with Gasteiger partial charge in [0.2, 0.25) is 5.91 Å². The highest BCUT2D eigenvalue weighted by molar-refractivity contribution is 6.42. The lowest BCUT2D eigenvalue weighted by atomic mass is 10.1. The standard InChI is InChI=1S/C12H11Cl2N3O/c13-9-3-1-2-8(12(9)14)6-11-16-4-5-17(11)7-10(15)18/h1-5H,6-7H2,(H2,15,18). The Morgan fingerprint density at radius 1 is 1.39 bits per heavy atom. The van der Waals surface area contributed by atoms with Crippen LogP contribution in [-0.4, -0.2) is 15.5 Å². The Balaban J connectivity index is 2.26. The number of aromatic nitrogens is 2. The Morgan fingerprint density at radius 3 is 2.89 bits per heavy atom. The average Bonchev–Trinajstić information content (AvgIpc) is 2.72. The van der Waals surface area contributed by atoms with Crippen molar-refractivity contribution < 1.29 is 4.79 Å². The molecule has 4 nitrogen and oxygen atoms in total. The molecular weight excluding hydrogens is 273 g/mol. The minimum atomic E-state index is -0.411. The maximum absolute atomic E-state index is 10.9. The molecule has 1 heterocycles. The Kier molecular flexibility index (Phi) is 3.89. The molecule has 1 aromatic heterocycles. The van der Waals surface area contributed by atoms with Gasteiger partial charge in [0, 0.05) is 18.8 Å². The summed E-state index contributed by atoms with van der Waals surface area (Å²) in [5.74, 6) is 0.310. The zero-order valence-corrected chi connectivity index (χ0v) is 10.9. The molecule has 2 rings (SSSR count). The van der Waals surface area contributed by atoms with Crippen LogP contribution >= 0.6 is 23.2 Å². The van der Waals surface area contributed by atoms with Gasteiger partial charge in [0.1, 0.15) is 12.4 Å². The summed E-state index contributed by atoms with van der Waals surface area (Å²) in [4.78, 5) is 15.1. The van der Waals surface area contributed by atoms with Gasteiger partial charge in [-0.25, -0.2) is 4.98 Å². The van der Waals surface area contributed by atoms with E-state index in [0.717, 1.165) is 11.4 Å². The van der Waals surface area contributed by atoms with Crippen molar-refractivity contribution in [1.82, 2.24) is 9.55 Å². The Bertz CT molecular complexity index is 580. The molecule has 1 aromatic carbocycles. The molecule has 0 spiro atoms. The number of benzene rings is 1. The van der Waals surface area contributed by atoms with E-state index in [4.69, 9.17) is 28.9 Å². The van der Waals surface area contributed by atoms with E-state index in [2.05, 4.69) is 4.98 Å². The van der Waals surface area contributed by atoms with Crippen LogP contribution in [0, 0.1) is 0 Å². The molecule has 0 saturated heterocycles. The molecule has 0 aliphatic rings. The molecule has 1 amide bonds. The highest BCUT2D eigenvalue weighted by atomic mass is 35.5. The summed E-state index contributed by atoms with van der Waals surface area (Å²) in [5.41, 5.74) is 6.03. The van der Waals surface area contributed by atoms with Crippen LogP contribution in [0.15, 0.2) is 30.6 Å². The summed E-state index contributed by atoms with van der Waals surface area (Å²) in [6.07, 6.45) is 3.83. The predicted molar refractivity (Wildman–Crippen MR) is 70.7 cm³/mol. The molecule has 0 bridgehead atoms. The first-order chi connectivity index (χ1) is 8.58. The lowest BCUT2D eigenvalue weighted by Gasteiger charge is -2.07. The summed E-state index contributed by atoms with van der Waals surface area (Å²) >= 11 is 12.1. The van der Waals surface area contributed by atoms with Crippen LogP contribution in [0.2, 0.25) is 10.0 Å². The van der Waals surface area contributed by atoms with Gasteiger partial charge in [-0.1, -0.05) is 35.3 Å². The Labute approximate surface area is 114 Å². The fraction of sp³-hybridized carbons (Fsp3) is 0.167. The van der Waals surface area contributed by atoms with Gasteiger partial charge in [-0.05, 0) is 11.6 Å². The molecule has 2 N–H and O–H groups in total. The number of carbonyl (C=O) groups is 1. The molecule has 6 heteroatoms. The number of hydrogen-bond acceptors (Lipinski definition) is 2. The third kappa shape index (κ3) is 2.83. The molecule has 0 radical (unpaired) electrons. The molecule has 2 aromatic rings. The van der Waals surface area contributed by atoms with E-state index >= 15 is 0 Å². The second-order valence-corrected chi connectivity index (χ2v) is 4.61. The molecular formula is C12H11Cl2N3O. The first kappa shape index (κ1) is 12.9. The smallest absolute Gasteiger partial charge is 0.237 e. The van der Waals surface area contributed by atoms with Gasteiger partial charge >= 0.3 is 0 Å². The van der Waals surface area contributed by atoms with Crippen LogP contribution in [0.4, 0.5) is 0 Å². The van der Waals surface area contributed by atoms with Crippen molar-refractivity contribution in [3.05, 3.63) is 52.0 Å². The zero-order chi connectivity index (χ0) is 13.1. The summed E-state index contributed by atoms with van der Waals surface area (Å²) in [5, 5.41) is 1.01. The van der Waals surface area contributed by atoms with Gasteiger partial charge in [-0.2, -0.15) is 0 Å². The fourth-order valence-electron chi connectivity index (χ4n) is 1.67. The van der Waals surface area contributed by atoms with Crippen LogP contribution in [0.3, 0.4) is 0 Å². The summed E-state index contributed by atoms with van der Waals surface area (Å²) < 4.78 is 1.69. The van der Waals surface area contributed by atoms with E-state index in [9.17, 15) is 4.79 Å². The summed E-state index contributed by atoms with van der Waals surface area (Å²) in [6.45, 7) is 0.105. The van der Waals surface area contributed by atoms with E-state index < -0.39 is 5.91 Å². The number of hydrogen-bond donors (Lipinski definition) is 1. The number of primary amides is 1. The topological polar surface area (TPSA) is 60.9 Å². The number of rotatable bonds is 4. The van der Waals surface area contributed by atoms with Crippen LogP contribution in [0.25, 0.3) is 0 Å². The molecule has 0 unspecified atom stereocenters. The second kappa shape index (κ2) is 5.42. The van der Waals surface area contributed by atoms with Crippen molar-refractivity contribution in [2.75, 3.05) is 0 Å². The molecule has 0 fully saturated rings. The van der Waals surface area contributed by atoms with Crippen LogP contribution in [0.5, 0.6) is 0 Å².